The van der Waals surface area contributed by atoms with Gasteiger partial charge in [-0.25, -0.2) is 9.97 Å². The van der Waals surface area contributed by atoms with Gasteiger partial charge >= 0.3 is 5.69 Å². The Kier molecular flexibility index (Phi) is 4.56. The highest BCUT2D eigenvalue weighted by Crippen LogP contribution is 2.35. The predicted octanol–water partition coefficient (Wildman–Crippen LogP) is 1.20. The van der Waals surface area contributed by atoms with Gasteiger partial charge in [0.05, 0.1) is 4.92 Å². The van der Waals surface area contributed by atoms with Crippen LogP contribution in [0.1, 0.15) is 13.8 Å². The molecule has 0 radical (unpaired) electrons. The molecule has 1 aliphatic heterocycles. The van der Waals surface area contributed by atoms with Crippen LogP contribution in [-0.4, -0.2) is 59.6 Å². The van der Waals surface area contributed by atoms with Gasteiger partial charge in [-0.3, -0.25) is 10.1 Å². The Hall–Kier alpha value is -1.96. The number of hydrogen-bond acceptors (Lipinski definition) is 7. The molecule has 1 N–H and O–H groups in total. The topological polar surface area (TPSA) is 87.4 Å². The summed E-state index contributed by atoms with van der Waals surface area (Å²) < 4.78 is 0. The van der Waals surface area contributed by atoms with Crippen LogP contribution in [0.3, 0.4) is 0 Å². The van der Waals surface area contributed by atoms with E-state index in [4.69, 9.17) is 0 Å². The zero-order chi connectivity index (χ0) is 15.6. The van der Waals surface area contributed by atoms with Crippen molar-refractivity contribution in [3.05, 3.63) is 16.4 Å². The highest BCUT2D eigenvalue weighted by molar-refractivity contribution is 5.70. The number of likely N-dealkylation sites (N-methyl/N-ethyl adjacent to an activating group) is 1. The van der Waals surface area contributed by atoms with Crippen molar-refractivity contribution in [3.8, 4) is 0 Å². The summed E-state index contributed by atoms with van der Waals surface area (Å²) in [6.07, 6.45) is 1.38. The molecule has 116 valence electrons. The standard InChI is InChI=1S/C13H22N6O2/c1-5-14-12-11(19(20)21)13(16-8-15-12)18-6-9(2)10(7-18)17(3)4/h8-10H,5-7H2,1-4H3,(H,14,15,16). The summed E-state index contributed by atoms with van der Waals surface area (Å²) in [7, 11) is 4.06. The minimum atomic E-state index is -0.402. The molecule has 8 heteroatoms. The normalized spacial score (nSPS) is 21.9. The van der Waals surface area contributed by atoms with Crippen molar-refractivity contribution in [1.82, 2.24) is 14.9 Å². The lowest BCUT2D eigenvalue weighted by Gasteiger charge is -2.22. The number of rotatable bonds is 5. The Balaban J connectivity index is 2.36. The quantitative estimate of drug-likeness (QED) is 0.645. The maximum absolute atomic E-state index is 11.4. The summed E-state index contributed by atoms with van der Waals surface area (Å²) in [5.74, 6) is 1.12. The zero-order valence-electron chi connectivity index (χ0n) is 12.9. The summed E-state index contributed by atoms with van der Waals surface area (Å²) in [4.78, 5) is 23.3. The first-order valence-corrected chi connectivity index (χ1v) is 7.10. The molecular weight excluding hydrogens is 272 g/mol. The van der Waals surface area contributed by atoms with E-state index in [0.29, 0.717) is 24.3 Å². The SMILES string of the molecule is CCNc1ncnc(N2CC(C)C(N(C)C)C2)c1[N+](=O)[O-]. The van der Waals surface area contributed by atoms with E-state index in [2.05, 4.69) is 27.1 Å². The molecule has 1 aliphatic rings. The molecule has 21 heavy (non-hydrogen) atoms. The van der Waals surface area contributed by atoms with E-state index in [1.165, 1.54) is 6.33 Å². The van der Waals surface area contributed by atoms with Crippen LogP contribution in [0, 0.1) is 16.0 Å². The van der Waals surface area contributed by atoms with Gasteiger partial charge in [0.2, 0.25) is 11.6 Å². The lowest BCUT2D eigenvalue weighted by Crippen LogP contribution is -2.34. The number of anilines is 2. The molecule has 0 aliphatic carbocycles. The zero-order valence-corrected chi connectivity index (χ0v) is 12.9. The predicted molar refractivity (Wildman–Crippen MR) is 81.7 cm³/mol. The van der Waals surface area contributed by atoms with Crippen LogP contribution in [0.15, 0.2) is 6.33 Å². The van der Waals surface area contributed by atoms with E-state index in [0.717, 1.165) is 13.1 Å². The minimum Gasteiger partial charge on any atom is -0.364 e. The molecule has 2 heterocycles. The fraction of sp³-hybridized carbons (Fsp3) is 0.692. The van der Waals surface area contributed by atoms with Gasteiger partial charge in [0.1, 0.15) is 6.33 Å². The number of nitrogens with one attached hydrogen (secondary N) is 1. The molecular formula is C13H22N6O2. The first-order valence-electron chi connectivity index (χ1n) is 7.10. The average molecular weight is 294 g/mol. The van der Waals surface area contributed by atoms with Crippen molar-refractivity contribution in [2.75, 3.05) is 43.9 Å². The second kappa shape index (κ2) is 6.21. The fourth-order valence-corrected chi connectivity index (χ4v) is 2.86. The molecule has 0 saturated carbocycles. The second-order valence-electron chi connectivity index (χ2n) is 5.60. The molecule has 1 saturated heterocycles. The van der Waals surface area contributed by atoms with Gasteiger partial charge in [0.15, 0.2) is 0 Å². The average Bonchev–Trinajstić information content (AvgIpc) is 2.80. The third-order valence-electron chi connectivity index (χ3n) is 3.87. The molecule has 2 unspecified atom stereocenters. The Morgan fingerprint density at radius 2 is 2.19 bits per heavy atom. The largest absolute Gasteiger partial charge is 0.364 e. The minimum absolute atomic E-state index is 0.0362. The Labute approximate surface area is 124 Å². The van der Waals surface area contributed by atoms with Gasteiger partial charge in [-0.2, -0.15) is 0 Å². The van der Waals surface area contributed by atoms with Crippen LogP contribution in [-0.2, 0) is 0 Å². The molecule has 8 nitrogen and oxygen atoms in total. The van der Waals surface area contributed by atoms with Gasteiger partial charge in [0.25, 0.3) is 0 Å². The van der Waals surface area contributed by atoms with Gasteiger partial charge in [0, 0.05) is 25.7 Å². The molecule has 0 bridgehead atoms. The summed E-state index contributed by atoms with van der Waals surface area (Å²) in [5, 5.41) is 14.4. The van der Waals surface area contributed by atoms with E-state index in [1.807, 2.05) is 25.9 Å². The highest BCUT2D eigenvalue weighted by Gasteiger charge is 2.36. The van der Waals surface area contributed by atoms with Crippen molar-refractivity contribution in [2.45, 2.75) is 19.9 Å². The third-order valence-corrected chi connectivity index (χ3v) is 3.87. The van der Waals surface area contributed by atoms with Crippen LogP contribution in [0.25, 0.3) is 0 Å². The van der Waals surface area contributed by atoms with Crippen LogP contribution < -0.4 is 10.2 Å². The Morgan fingerprint density at radius 3 is 2.71 bits per heavy atom. The number of nitro groups is 1. The number of nitrogens with zero attached hydrogens (tertiary/aromatic N) is 5. The fourth-order valence-electron chi connectivity index (χ4n) is 2.86. The second-order valence-corrected chi connectivity index (χ2v) is 5.60. The van der Waals surface area contributed by atoms with Crippen LogP contribution in [0.2, 0.25) is 0 Å². The van der Waals surface area contributed by atoms with Gasteiger partial charge < -0.3 is 15.1 Å². The van der Waals surface area contributed by atoms with Crippen LogP contribution in [0.5, 0.6) is 0 Å². The van der Waals surface area contributed by atoms with Crippen molar-refractivity contribution in [2.24, 2.45) is 5.92 Å². The maximum atomic E-state index is 11.4. The molecule has 1 fully saturated rings. The summed E-state index contributed by atoms with van der Waals surface area (Å²) in [6.45, 7) is 6.10. The smallest absolute Gasteiger partial charge is 0.353 e. The first kappa shape index (κ1) is 15.4. The molecule has 0 spiro atoms. The summed E-state index contributed by atoms with van der Waals surface area (Å²) in [6, 6.07) is 0.363. The molecule has 0 amide bonds. The maximum Gasteiger partial charge on any atom is 0.353 e. The van der Waals surface area contributed by atoms with Crippen molar-refractivity contribution >= 4 is 17.3 Å². The summed E-state index contributed by atoms with van der Waals surface area (Å²) >= 11 is 0. The van der Waals surface area contributed by atoms with Crippen molar-refractivity contribution < 1.29 is 4.92 Å². The van der Waals surface area contributed by atoms with Crippen molar-refractivity contribution in [3.63, 3.8) is 0 Å². The van der Waals surface area contributed by atoms with Gasteiger partial charge in [-0.1, -0.05) is 6.92 Å². The first-order chi connectivity index (χ1) is 9.95. The van der Waals surface area contributed by atoms with E-state index < -0.39 is 4.92 Å². The monoisotopic (exact) mass is 294 g/mol. The van der Waals surface area contributed by atoms with E-state index in [-0.39, 0.29) is 11.5 Å². The van der Waals surface area contributed by atoms with E-state index >= 15 is 0 Å². The van der Waals surface area contributed by atoms with Crippen LogP contribution in [0.4, 0.5) is 17.3 Å². The molecule has 2 rings (SSSR count). The van der Waals surface area contributed by atoms with Crippen molar-refractivity contribution in [1.29, 1.82) is 0 Å². The molecule has 0 aromatic carbocycles. The van der Waals surface area contributed by atoms with Crippen LogP contribution >= 0.6 is 0 Å². The summed E-state index contributed by atoms with van der Waals surface area (Å²) in [5.41, 5.74) is -0.0362. The molecule has 1 aromatic heterocycles. The number of hydrogen-bond donors (Lipinski definition) is 1. The highest BCUT2D eigenvalue weighted by atomic mass is 16.6. The van der Waals surface area contributed by atoms with E-state index in [1.54, 1.807) is 0 Å². The third kappa shape index (κ3) is 3.05. The van der Waals surface area contributed by atoms with E-state index in [9.17, 15) is 10.1 Å². The van der Waals surface area contributed by atoms with Gasteiger partial charge in [-0.05, 0) is 26.9 Å². The lowest BCUT2D eigenvalue weighted by molar-refractivity contribution is -0.383. The number of aromatic nitrogens is 2. The lowest BCUT2D eigenvalue weighted by atomic mass is 10.1. The Morgan fingerprint density at radius 1 is 1.48 bits per heavy atom. The molecule has 2 atom stereocenters. The Bertz CT molecular complexity index is 521. The van der Waals surface area contributed by atoms with Gasteiger partial charge in [-0.15, -0.1) is 0 Å². The molecule has 1 aromatic rings.